The van der Waals surface area contributed by atoms with Crippen molar-refractivity contribution in [1.29, 1.82) is 0 Å². The van der Waals surface area contributed by atoms with Crippen LogP contribution in [-0.2, 0) is 6.42 Å². The molecule has 1 N–H and O–H groups in total. The maximum atomic E-state index is 4.63. The van der Waals surface area contributed by atoms with Gasteiger partial charge in [0.25, 0.3) is 0 Å². The average Bonchev–Trinajstić information content (AvgIpc) is 3.12. The van der Waals surface area contributed by atoms with Gasteiger partial charge in [-0.3, -0.25) is 0 Å². The summed E-state index contributed by atoms with van der Waals surface area (Å²) in [6.45, 7) is 4.60. The van der Waals surface area contributed by atoms with Gasteiger partial charge in [-0.15, -0.1) is 0 Å². The van der Waals surface area contributed by atoms with E-state index < -0.39 is 0 Å². The lowest BCUT2D eigenvalue weighted by Gasteiger charge is -2.39. The van der Waals surface area contributed by atoms with E-state index in [1.54, 1.807) is 0 Å². The van der Waals surface area contributed by atoms with Crippen molar-refractivity contribution in [2.75, 3.05) is 29.9 Å². The van der Waals surface area contributed by atoms with Gasteiger partial charge in [0.15, 0.2) is 5.65 Å². The lowest BCUT2D eigenvalue weighted by Crippen LogP contribution is -2.46. The van der Waals surface area contributed by atoms with E-state index in [1.807, 2.05) is 16.8 Å². The second-order valence-electron chi connectivity index (χ2n) is 6.89. The van der Waals surface area contributed by atoms with E-state index in [4.69, 9.17) is 0 Å². The Labute approximate surface area is 148 Å². The van der Waals surface area contributed by atoms with Gasteiger partial charge in [0.1, 0.15) is 5.82 Å². The molecule has 24 heavy (non-hydrogen) atoms. The predicted molar refractivity (Wildman–Crippen MR) is 101 cm³/mol. The van der Waals surface area contributed by atoms with Crippen molar-refractivity contribution in [2.45, 2.75) is 51.1 Å². The highest BCUT2D eigenvalue weighted by atomic mass is 32.2. The number of rotatable bonds is 4. The molecule has 0 amide bonds. The molecular formula is C18H27N5S. The van der Waals surface area contributed by atoms with Crippen LogP contribution in [0.1, 0.15) is 38.3 Å². The summed E-state index contributed by atoms with van der Waals surface area (Å²) in [5, 5.41) is 8.16. The summed E-state index contributed by atoms with van der Waals surface area (Å²) in [7, 11) is 0. The Balaban J connectivity index is 1.41. The minimum absolute atomic E-state index is 0.540. The van der Waals surface area contributed by atoms with Crippen molar-refractivity contribution >= 4 is 23.2 Å². The molecule has 2 aliphatic heterocycles. The van der Waals surface area contributed by atoms with Gasteiger partial charge in [-0.2, -0.15) is 21.4 Å². The minimum Gasteiger partial charge on any atom is -0.367 e. The highest BCUT2D eigenvalue weighted by Crippen LogP contribution is 2.25. The number of nitrogens with one attached hydrogen (secondary N) is 1. The second kappa shape index (κ2) is 7.31. The third kappa shape index (κ3) is 3.40. The maximum Gasteiger partial charge on any atom is 0.157 e. The number of likely N-dealkylation sites (tertiary alicyclic amines) is 1. The van der Waals surface area contributed by atoms with Gasteiger partial charge in [-0.25, -0.2) is 4.98 Å². The van der Waals surface area contributed by atoms with Crippen LogP contribution in [0.25, 0.3) is 5.65 Å². The molecule has 5 nitrogen and oxygen atoms in total. The van der Waals surface area contributed by atoms with E-state index in [2.05, 4.69) is 45.1 Å². The Morgan fingerprint density at radius 2 is 2.00 bits per heavy atom. The molecule has 0 spiro atoms. The van der Waals surface area contributed by atoms with Crippen molar-refractivity contribution in [3.05, 3.63) is 24.0 Å². The fraction of sp³-hybridized carbons (Fsp3) is 0.667. The molecule has 0 aromatic carbocycles. The molecule has 2 fully saturated rings. The van der Waals surface area contributed by atoms with Crippen molar-refractivity contribution in [2.24, 2.45) is 0 Å². The monoisotopic (exact) mass is 345 g/mol. The number of nitrogens with zero attached hydrogens (tertiary/aromatic N) is 4. The van der Waals surface area contributed by atoms with E-state index in [0.29, 0.717) is 6.04 Å². The third-order valence-electron chi connectivity index (χ3n) is 5.36. The summed E-state index contributed by atoms with van der Waals surface area (Å²) in [5.41, 5.74) is 2.07. The third-order valence-corrected chi connectivity index (χ3v) is 6.41. The Kier molecular flexibility index (Phi) is 4.94. The van der Waals surface area contributed by atoms with Gasteiger partial charge < -0.3 is 10.2 Å². The highest BCUT2D eigenvalue weighted by Gasteiger charge is 2.26. The SMILES string of the molecule is CCc1cc(NC2CCN(C3CCSCC3)CC2)n2nccc2n1. The van der Waals surface area contributed by atoms with Crippen molar-refractivity contribution in [3.8, 4) is 0 Å². The molecule has 6 heteroatoms. The molecule has 0 atom stereocenters. The number of piperidine rings is 1. The zero-order valence-corrected chi connectivity index (χ0v) is 15.3. The van der Waals surface area contributed by atoms with Crippen molar-refractivity contribution in [3.63, 3.8) is 0 Å². The predicted octanol–water partition coefficient (Wildman–Crippen LogP) is 3.06. The van der Waals surface area contributed by atoms with Crippen LogP contribution in [0.3, 0.4) is 0 Å². The molecule has 0 radical (unpaired) electrons. The van der Waals surface area contributed by atoms with Gasteiger partial charge in [0.05, 0.1) is 6.20 Å². The van der Waals surface area contributed by atoms with Gasteiger partial charge in [-0.05, 0) is 43.6 Å². The first kappa shape index (κ1) is 16.2. The van der Waals surface area contributed by atoms with Crippen LogP contribution in [0, 0.1) is 0 Å². The summed E-state index contributed by atoms with van der Waals surface area (Å²) in [6, 6.07) is 5.51. The van der Waals surface area contributed by atoms with Crippen LogP contribution in [-0.4, -0.2) is 56.2 Å². The largest absolute Gasteiger partial charge is 0.367 e. The summed E-state index contributed by atoms with van der Waals surface area (Å²) in [4.78, 5) is 7.36. The zero-order valence-electron chi connectivity index (χ0n) is 14.4. The quantitative estimate of drug-likeness (QED) is 0.923. The van der Waals surface area contributed by atoms with E-state index in [0.717, 1.165) is 29.6 Å². The fourth-order valence-electron chi connectivity index (χ4n) is 3.92. The van der Waals surface area contributed by atoms with Crippen LogP contribution in [0.2, 0.25) is 0 Å². The minimum atomic E-state index is 0.540. The highest BCUT2D eigenvalue weighted by molar-refractivity contribution is 7.99. The molecule has 4 heterocycles. The van der Waals surface area contributed by atoms with Gasteiger partial charge in [0.2, 0.25) is 0 Å². The van der Waals surface area contributed by atoms with Crippen LogP contribution in [0.4, 0.5) is 5.82 Å². The van der Waals surface area contributed by atoms with Gasteiger partial charge >= 0.3 is 0 Å². The number of aromatic nitrogens is 3. The molecule has 0 saturated carbocycles. The molecule has 0 unspecified atom stereocenters. The topological polar surface area (TPSA) is 45.5 Å². The van der Waals surface area contributed by atoms with E-state index >= 15 is 0 Å². The Morgan fingerprint density at radius 1 is 1.21 bits per heavy atom. The fourth-order valence-corrected chi connectivity index (χ4v) is 5.00. The first-order chi connectivity index (χ1) is 11.8. The van der Waals surface area contributed by atoms with Crippen LogP contribution in [0.15, 0.2) is 18.3 Å². The van der Waals surface area contributed by atoms with Crippen LogP contribution in [0.5, 0.6) is 0 Å². The molecule has 2 aliphatic rings. The first-order valence-electron chi connectivity index (χ1n) is 9.25. The lowest BCUT2D eigenvalue weighted by molar-refractivity contribution is 0.148. The van der Waals surface area contributed by atoms with E-state index in [9.17, 15) is 0 Å². The summed E-state index contributed by atoms with van der Waals surface area (Å²) in [6.07, 6.45) is 7.97. The Hall–Kier alpha value is -1.27. The molecule has 2 aromatic heterocycles. The van der Waals surface area contributed by atoms with Crippen molar-refractivity contribution < 1.29 is 0 Å². The molecular weight excluding hydrogens is 318 g/mol. The number of hydrogen-bond donors (Lipinski definition) is 1. The smallest absolute Gasteiger partial charge is 0.157 e. The maximum absolute atomic E-state index is 4.63. The first-order valence-corrected chi connectivity index (χ1v) is 10.4. The molecule has 4 rings (SSSR count). The van der Waals surface area contributed by atoms with Gasteiger partial charge in [-0.1, -0.05) is 6.92 Å². The zero-order chi connectivity index (χ0) is 16.4. The second-order valence-corrected chi connectivity index (χ2v) is 8.11. The summed E-state index contributed by atoms with van der Waals surface area (Å²) < 4.78 is 1.93. The number of hydrogen-bond acceptors (Lipinski definition) is 5. The standard InChI is InChI=1S/C18H27N5S/c1-2-14-13-18(23-17(20-14)3-8-19-23)21-15-4-9-22(10-5-15)16-6-11-24-12-7-16/h3,8,13,15-16,21H,2,4-7,9-12H2,1H3. The molecule has 130 valence electrons. The Morgan fingerprint density at radius 3 is 2.75 bits per heavy atom. The molecule has 2 aromatic rings. The van der Waals surface area contributed by atoms with E-state index in [-0.39, 0.29) is 0 Å². The lowest BCUT2D eigenvalue weighted by atomic mass is 10.0. The molecule has 2 saturated heterocycles. The van der Waals surface area contributed by atoms with Crippen LogP contribution >= 0.6 is 11.8 Å². The summed E-state index contributed by atoms with van der Waals surface area (Å²) >= 11 is 2.12. The van der Waals surface area contributed by atoms with E-state index in [1.165, 1.54) is 50.3 Å². The normalized spacial score (nSPS) is 21.4. The molecule has 0 aliphatic carbocycles. The van der Waals surface area contributed by atoms with Crippen molar-refractivity contribution in [1.82, 2.24) is 19.5 Å². The number of aryl methyl sites for hydroxylation is 1. The molecule has 0 bridgehead atoms. The van der Waals surface area contributed by atoms with Gasteiger partial charge in [0, 0.05) is 43.0 Å². The average molecular weight is 346 g/mol. The number of thioether (sulfide) groups is 1. The Bertz CT molecular complexity index is 671. The number of anilines is 1. The summed E-state index contributed by atoms with van der Waals surface area (Å²) in [5.74, 6) is 3.78. The number of fused-ring (bicyclic) bond motifs is 1. The van der Waals surface area contributed by atoms with Crippen LogP contribution < -0.4 is 5.32 Å².